The van der Waals surface area contributed by atoms with Gasteiger partial charge >= 0.3 is 5.91 Å². The van der Waals surface area contributed by atoms with Crippen molar-refractivity contribution in [3.05, 3.63) is 23.2 Å². The van der Waals surface area contributed by atoms with Gasteiger partial charge in [-0.1, -0.05) is 6.92 Å². The molecule has 0 radical (unpaired) electrons. The molecule has 2 heterocycles. The van der Waals surface area contributed by atoms with Crippen molar-refractivity contribution in [2.45, 2.75) is 33.2 Å². The van der Waals surface area contributed by atoms with Gasteiger partial charge in [-0.25, -0.2) is 5.84 Å². The van der Waals surface area contributed by atoms with E-state index in [1.54, 1.807) is 13.0 Å². The van der Waals surface area contributed by atoms with Gasteiger partial charge in [0.1, 0.15) is 5.76 Å². The lowest BCUT2D eigenvalue weighted by molar-refractivity contribution is -0.150. The Labute approximate surface area is 116 Å². The molecular weight excluding hydrogens is 262 g/mol. The van der Waals surface area contributed by atoms with Crippen molar-refractivity contribution in [1.29, 1.82) is 0 Å². The lowest BCUT2D eigenvalue weighted by atomic mass is 9.98. The molecule has 7 nitrogen and oxygen atoms in total. The molecule has 3 N–H and O–H groups in total. The number of furan rings is 1. The van der Waals surface area contributed by atoms with Gasteiger partial charge in [0.25, 0.3) is 0 Å². The highest BCUT2D eigenvalue weighted by Gasteiger charge is 2.31. The molecule has 0 spiro atoms. The number of nitrogens with one attached hydrogen (secondary N) is 1. The first-order valence-electron chi connectivity index (χ1n) is 6.35. The van der Waals surface area contributed by atoms with Gasteiger partial charge in [-0.15, -0.1) is 0 Å². The molecule has 0 unspecified atom stereocenters. The van der Waals surface area contributed by atoms with Gasteiger partial charge in [-0.2, -0.15) is 0 Å². The van der Waals surface area contributed by atoms with E-state index in [1.807, 2.05) is 12.3 Å². The second-order valence-corrected chi connectivity index (χ2v) is 5.09. The molecule has 1 aromatic heterocycles. The number of carbonyl (C=O) groups excluding carboxylic acids is 3. The van der Waals surface area contributed by atoms with Crippen molar-refractivity contribution in [3.63, 3.8) is 0 Å². The monoisotopic (exact) mass is 279 g/mol. The number of carbonyl (C=O) groups is 3. The summed E-state index contributed by atoms with van der Waals surface area (Å²) in [4.78, 5) is 36.3. The van der Waals surface area contributed by atoms with Crippen LogP contribution in [0.15, 0.2) is 10.5 Å². The van der Waals surface area contributed by atoms with Gasteiger partial charge in [-0.3, -0.25) is 24.7 Å². The topological polar surface area (TPSA) is 106 Å². The summed E-state index contributed by atoms with van der Waals surface area (Å²) in [6.45, 7) is 3.61. The molecule has 20 heavy (non-hydrogen) atoms. The van der Waals surface area contributed by atoms with Crippen LogP contribution < -0.4 is 11.3 Å². The summed E-state index contributed by atoms with van der Waals surface area (Å²) < 4.78 is 5.36. The first kappa shape index (κ1) is 14.3. The van der Waals surface area contributed by atoms with Gasteiger partial charge in [0.2, 0.25) is 11.8 Å². The van der Waals surface area contributed by atoms with E-state index in [1.165, 1.54) is 4.90 Å². The number of hydrogen-bond donors (Lipinski definition) is 2. The average molecular weight is 279 g/mol. The number of imide groups is 1. The minimum absolute atomic E-state index is 0.0447. The summed E-state index contributed by atoms with van der Waals surface area (Å²) in [5.41, 5.74) is 2.59. The molecule has 3 amide bonds. The number of rotatable bonds is 3. The second-order valence-electron chi connectivity index (χ2n) is 5.09. The molecule has 108 valence electrons. The maximum absolute atomic E-state index is 11.9. The van der Waals surface area contributed by atoms with E-state index >= 15 is 0 Å². The van der Waals surface area contributed by atoms with Crippen LogP contribution in [0.2, 0.25) is 0 Å². The molecule has 0 saturated carbocycles. The number of hydrogen-bond acceptors (Lipinski definition) is 5. The van der Waals surface area contributed by atoms with E-state index in [0.29, 0.717) is 24.2 Å². The molecule has 0 aliphatic carbocycles. The Morgan fingerprint density at radius 1 is 1.45 bits per heavy atom. The van der Waals surface area contributed by atoms with Crippen LogP contribution in [0.25, 0.3) is 0 Å². The number of aryl methyl sites for hydroxylation is 1. The molecule has 2 rings (SSSR count). The number of amides is 3. The third kappa shape index (κ3) is 2.72. The van der Waals surface area contributed by atoms with E-state index in [9.17, 15) is 14.4 Å². The summed E-state index contributed by atoms with van der Waals surface area (Å²) in [6.07, 6.45) is 0.698. The first-order valence-corrected chi connectivity index (χ1v) is 6.35. The maximum Gasteiger partial charge on any atom is 0.301 e. The van der Waals surface area contributed by atoms with E-state index in [0.717, 1.165) is 0 Å². The molecule has 0 bridgehead atoms. The largest absolute Gasteiger partial charge is 0.454 e. The standard InChI is InChI=1S/C13H17N3O4/c1-7-3-10(17)16(11(18)4-7)6-9-5-8(2)12(20-9)13(19)15-14/h5,7H,3-4,6,14H2,1-2H3,(H,15,19). The van der Waals surface area contributed by atoms with E-state index in [4.69, 9.17) is 10.3 Å². The number of nitrogens with zero attached hydrogens (tertiary/aromatic N) is 1. The molecular formula is C13H17N3O4. The second kappa shape index (κ2) is 5.46. The summed E-state index contributed by atoms with van der Waals surface area (Å²) in [6, 6.07) is 1.63. The molecule has 1 fully saturated rings. The molecule has 1 aliphatic rings. The molecule has 0 aromatic carbocycles. The predicted octanol–water partition coefficient (Wildman–Crippen LogP) is 0.477. The van der Waals surface area contributed by atoms with Crippen molar-refractivity contribution < 1.29 is 18.8 Å². The van der Waals surface area contributed by atoms with Gasteiger partial charge in [-0.05, 0) is 18.9 Å². The van der Waals surface area contributed by atoms with Crippen LogP contribution in [0.5, 0.6) is 0 Å². The fraction of sp³-hybridized carbons (Fsp3) is 0.462. The molecule has 1 saturated heterocycles. The lowest BCUT2D eigenvalue weighted by Crippen LogP contribution is -2.42. The molecule has 0 atom stereocenters. The van der Waals surface area contributed by atoms with Crippen LogP contribution in [0.3, 0.4) is 0 Å². The first-order chi connectivity index (χ1) is 9.42. The normalized spacial score (nSPS) is 16.6. The third-order valence-corrected chi connectivity index (χ3v) is 3.27. The summed E-state index contributed by atoms with van der Waals surface area (Å²) in [7, 11) is 0. The van der Waals surface area contributed by atoms with Crippen LogP contribution in [0, 0.1) is 12.8 Å². The van der Waals surface area contributed by atoms with E-state index in [2.05, 4.69) is 0 Å². The van der Waals surface area contributed by atoms with Crippen LogP contribution >= 0.6 is 0 Å². The van der Waals surface area contributed by atoms with Gasteiger partial charge in [0, 0.05) is 18.4 Å². The highest BCUT2D eigenvalue weighted by atomic mass is 16.4. The zero-order valence-electron chi connectivity index (χ0n) is 11.4. The highest BCUT2D eigenvalue weighted by Crippen LogP contribution is 2.22. The summed E-state index contributed by atoms with van der Waals surface area (Å²) >= 11 is 0. The number of nitrogens with two attached hydrogens (primary N) is 1. The van der Waals surface area contributed by atoms with Crippen LogP contribution in [-0.2, 0) is 16.1 Å². The zero-order valence-corrected chi connectivity index (χ0v) is 11.4. The number of nitrogen functional groups attached to an aromatic ring is 1. The van der Waals surface area contributed by atoms with Crippen LogP contribution in [0.4, 0.5) is 0 Å². The fourth-order valence-corrected chi connectivity index (χ4v) is 2.28. The SMILES string of the molecule is Cc1cc(CN2C(=O)CC(C)CC2=O)oc1C(=O)NN. The van der Waals surface area contributed by atoms with Crippen molar-refractivity contribution >= 4 is 17.7 Å². The van der Waals surface area contributed by atoms with Gasteiger partial charge in [0.05, 0.1) is 6.54 Å². The average Bonchev–Trinajstić information content (AvgIpc) is 2.74. The van der Waals surface area contributed by atoms with E-state index < -0.39 is 5.91 Å². The van der Waals surface area contributed by atoms with Crippen molar-refractivity contribution in [3.8, 4) is 0 Å². The summed E-state index contributed by atoms with van der Waals surface area (Å²) in [5, 5.41) is 0. The Kier molecular flexibility index (Phi) is 3.89. The number of piperidine rings is 1. The lowest BCUT2D eigenvalue weighted by Gasteiger charge is -2.27. The van der Waals surface area contributed by atoms with Crippen LogP contribution in [-0.4, -0.2) is 22.6 Å². The van der Waals surface area contributed by atoms with Gasteiger partial charge in [0.15, 0.2) is 5.76 Å². The van der Waals surface area contributed by atoms with Crippen molar-refractivity contribution in [1.82, 2.24) is 10.3 Å². The zero-order chi connectivity index (χ0) is 14.9. The molecule has 7 heteroatoms. The summed E-state index contributed by atoms with van der Waals surface area (Å²) in [5.74, 6) is 4.62. The molecule has 1 aromatic rings. The van der Waals surface area contributed by atoms with E-state index in [-0.39, 0.29) is 30.0 Å². The quantitative estimate of drug-likeness (QED) is 0.362. The van der Waals surface area contributed by atoms with Crippen molar-refractivity contribution in [2.24, 2.45) is 11.8 Å². The Bertz CT molecular complexity index is 546. The minimum Gasteiger partial charge on any atom is -0.454 e. The predicted molar refractivity (Wildman–Crippen MR) is 69.1 cm³/mol. The minimum atomic E-state index is -0.543. The smallest absolute Gasteiger partial charge is 0.301 e. The number of likely N-dealkylation sites (tertiary alicyclic amines) is 1. The van der Waals surface area contributed by atoms with Crippen LogP contribution in [0.1, 0.15) is 41.6 Å². The Morgan fingerprint density at radius 2 is 2.05 bits per heavy atom. The fourth-order valence-electron chi connectivity index (χ4n) is 2.28. The Balaban J connectivity index is 2.16. The highest BCUT2D eigenvalue weighted by molar-refractivity contribution is 5.97. The Hall–Kier alpha value is -2.15. The third-order valence-electron chi connectivity index (χ3n) is 3.27. The van der Waals surface area contributed by atoms with Gasteiger partial charge < -0.3 is 4.42 Å². The van der Waals surface area contributed by atoms with Crippen molar-refractivity contribution in [2.75, 3.05) is 0 Å². The molecule has 1 aliphatic heterocycles. The Morgan fingerprint density at radius 3 is 2.60 bits per heavy atom. The maximum atomic E-state index is 11.9. The number of hydrazine groups is 1.